The third kappa shape index (κ3) is 3.99. The summed E-state index contributed by atoms with van der Waals surface area (Å²) in [7, 11) is -0.745. The highest BCUT2D eigenvalue weighted by molar-refractivity contribution is 9.10. The molecule has 0 unspecified atom stereocenters. The summed E-state index contributed by atoms with van der Waals surface area (Å²) in [6.07, 6.45) is 0. The smallest absolute Gasteiger partial charge is 0.255 e. The second kappa shape index (κ2) is 6.82. The number of nitrogens with one attached hydrogen (secondary N) is 1. The van der Waals surface area contributed by atoms with Crippen LogP contribution in [0.5, 0.6) is 0 Å². The number of halogens is 1. The van der Waals surface area contributed by atoms with Crippen LogP contribution in [0.4, 0.5) is 5.69 Å². The Hall–Kier alpha value is -1.70. The van der Waals surface area contributed by atoms with Crippen molar-refractivity contribution in [1.29, 1.82) is 0 Å². The number of anilines is 1. The Bertz CT molecular complexity index is 831. The minimum atomic E-state index is -3.64. The molecule has 0 spiro atoms. The molecule has 5 nitrogen and oxygen atoms in total. The molecule has 0 heterocycles. The summed E-state index contributed by atoms with van der Waals surface area (Å²) in [5, 5.41) is 2.75. The number of carbonyl (C=O) groups excluding carboxylic acids is 1. The largest absolute Gasteiger partial charge is 0.322 e. The number of hydrogen-bond acceptors (Lipinski definition) is 3. The van der Waals surface area contributed by atoms with Gasteiger partial charge >= 0.3 is 0 Å². The number of rotatable bonds is 4. The van der Waals surface area contributed by atoms with Gasteiger partial charge in [-0.2, -0.15) is 0 Å². The molecule has 0 atom stereocenters. The first-order valence-electron chi connectivity index (χ1n) is 6.82. The molecule has 1 N–H and O–H groups in total. The maximum atomic E-state index is 12.3. The zero-order chi connectivity index (χ0) is 17.2. The molecule has 2 rings (SSSR count). The summed E-state index contributed by atoms with van der Waals surface area (Å²) in [5.74, 6) is -0.364. The van der Waals surface area contributed by atoms with Crippen molar-refractivity contribution in [1.82, 2.24) is 4.31 Å². The average Bonchev–Trinajstić information content (AvgIpc) is 2.49. The van der Waals surface area contributed by atoms with Crippen LogP contribution in [-0.4, -0.2) is 32.7 Å². The fraction of sp³-hybridized carbons (Fsp3) is 0.188. The van der Waals surface area contributed by atoms with Gasteiger partial charge in [0.25, 0.3) is 5.91 Å². The third-order valence-corrected chi connectivity index (χ3v) is 6.07. The fourth-order valence-electron chi connectivity index (χ4n) is 1.88. The number of benzene rings is 2. The van der Waals surface area contributed by atoms with E-state index in [0.717, 1.165) is 9.87 Å². The van der Waals surface area contributed by atoms with E-state index in [0.29, 0.717) is 10.2 Å². The molecule has 0 aromatic heterocycles. The first-order chi connectivity index (χ1) is 10.7. The van der Waals surface area contributed by atoms with Gasteiger partial charge in [0.05, 0.1) is 4.90 Å². The van der Waals surface area contributed by atoms with Crippen LogP contribution in [0.15, 0.2) is 51.8 Å². The highest BCUT2D eigenvalue weighted by atomic mass is 79.9. The topological polar surface area (TPSA) is 66.5 Å². The van der Waals surface area contributed by atoms with Crippen LogP contribution in [0.2, 0.25) is 0 Å². The summed E-state index contributed by atoms with van der Waals surface area (Å²) in [4.78, 5) is 12.4. The Kier molecular flexibility index (Phi) is 5.23. The van der Waals surface area contributed by atoms with E-state index in [2.05, 4.69) is 21.2 Å². The molecule has 0 aliphatic carbocycles. The van der Waals surface area contributed by atoms with Crippen LogP contribution < -0.4 is 5.32 Å². The molecule has 0 saturated carbocycles. The highest BCUT2D eigenvalue weighted by Crippen LogP contribution is 2.25. The lowest BCUT2D eigenvalue weighted by Crippen LogP contribution is -2.23. The lowest BCUT2D eigenvalue weighted by atomic mass is 10.2. The SMILES string of the molecule is Cc1ccc(NC(=O)c2ccc(Br)c(S(=O)(=O)N(C)C)c2)cc1. The van der Waals surface area contributed by atoms with Gasteiger partial charge in [-0.3, -0.25) is 4.79 Å². The number of carbonyl (C=O) groups is 1. The summed E-state index contributed by atoms with van der Waals surface area (Å²) >= 11 is 3.22. The fourth-order valence-corrected chi connectivity index (χ4v) is 3.72. The van der Waals surface area contributed by atoms with Gasteiger partial charge < -0.3 is 5.32 Å². The molecule has 2 aromatic rings. The number of amides is 1. The number of sulfonamides is 1. The molecule has 0 aliphatic rings. The first-order valence-corrected chi connectivity index (χ1v) is 9.05. The Morgan fingerprint density at radius 2 is 1.70 bits per heavy atom. The quantitative estimate of drug-likeness (QED) is 0.861. The van der Waals surface area contributed by atoms with Crippen molar-refractivity contribution in [3.8, 4) is 0 Å². The number of hydrogen-bond donors (Lipinski definition) is 1. The van der Waals surface area contributed by atoms with E-state index < -0.39 is 10.0 Å². The van der Waals surface area contributed by atoms with Gasteiger partial charge in [-0.05, 0) is 53.2 Å². The van der Waals surface area contributed by atoms with E-state index in [-0.39, 0.29) is 16.4 Å². The Morgan fingerprint density at radius 3 is 2.26 bits per heavy atom. The minimum Gasteiger partial charge on any atom is -0.322 e. The van der Waals surface area contributed by atoms with Gasteiger partial charge in [0, 0.05) is 29.8 Å². The zero-order valence-corrected chi connectivity index (χ0v) is 15.4. The van der Waals surface area contributed by atoms with Gasteiger partial charge in [0.15, 0.2) is 0 Å². The van der Waals surface area contributed by atoms with Crippen molar-refractivity contribution in [2.45, 2.75) is 11.8 Å². The van der Waals surface area contributed by atoms with Crippen LogP contribution in [0.25, 0.3) is 0 Å². The maximum absolute atomic E-state index is 12.3. The minimum absolute atomic E-state index is 0.0547. The van der Waals surface area contributed by atoms with E-state index in [1.54, 1.807) is 24.3 Å². The molecule has 0 fully saturated rings. The van der Waals surface area contributed by atoms with Gasteiger partial charge in [0.1, 0.15) is 0 Å². The summed E-state index contributed by atoms with van der Waals surface area (Å²) < 4.78 is 26.1. The molecule has 0 saturated heterocycles. The molecule has 1 amide bonds. The second-order valence-corrected chi connectivity index (χ2v) is 8.23. The molecule has 0 radical (unpaired) electrons. The highest BCUT2D eigenvalue weighted by Gasteiger charge is 2.22. The molecule has 122 valence electrons. The molecular formula is C16H17BrN2O3S. The summed E-state index contributed by atoms with van der Waals surface area (Å²) in [6, 6.07) is 11.9. The van der Waals surface area contributed by atoms with Crippen LogP contribution in [0, 0.1) is 6.92 Å². The van der Waals surface area contributed by atoms with Crippen molar-refractivity contribution in [2.24, 2.45) is 0 Å². The third-order valence-electron chi connectivity index (χ3n) is 3.26. The van der Waals surface area contributed by atoms with Crippen LogP contribution >= 0.6 is 15.9 Å². The molecular weight excluding hydrogens is 380 g/mol. The molecule has 0 aliphatic heterocycles. The summed E-state index contributed by atoms with van der Waals surface area (Å²) in [6.45, 7) is 1.96. The van der Waals surface area contributed by atoms with Crippen LogP contribution in [0.3, 0.4) is 0 Å². The van der Waals surface area contributed by atoms with E-state index in [9.17, 15) is 13.2 Å². The number of nitrogens with zero attached hydrogens (tertiary/aromatic N) is 1. The molecule has 23 heavy (non-hydrogen) atoms. The Balaban J connectivity index is 2.33. The van der Waals surface area contributed by atoms with Gasteiger partial charge in [-0.15, -0.1) is 0 Å². The molecule has 2 aromatic carbocycles. The Labute approximate surface area is 144 Å². The monoisotopic (exact) mass is 396 g/mol. The lowest BCUT2D eigenvalue weighted by Gasteiger charge is -2.14. The average molecular weight is 397 g/mol. The predicted molar refractivity (Wildman–Crippen MR) is 94.1 cm³/mol. The zero-order valence-electron chi connectivity index (χ0n) is 13.0. The van der Waals surface area contributed by atoms with Crippen molar-refractivity contribution < 1.29 is 13.2 Å². The Morgan fingerprint density at radius 1 is 1.09 bits per heavy atom. The van der Waals surface area contributed by atoms with Gasteiger partial charge in [0.2, 0.25) is 10.0 Å². The van der Waals surface area contributed by atoms with Gasteiger partial charge in [-0.1, -0.05) is 17.7 Å². The van der Waals surface area contributed by atoms with Crippen molar-refractivity contribution in [3.63, 3.8) is 0 Å². The predicted octanol–water partition coefficient (Wildman–Crippen LogP) is 3.26. The second-order valence-electron chi connectivity index (χ2n) is 5.25. The molecule has 7 heteroatoms. The van der Waals surface area contributed by atoms with Gasteiger partial charge in [-0.25, -0.2) is 12.7 Å². The van der Waals surface area contributed by atoms with Crippen molar-refractivity contribution in [2.75, 3.05) is 19.4 Å². The normalized spacial score (nSPS) is 11.5. The van der Waals surface area contributed by atoms with E-state index in [4.69, 9.17) is 0 Å². The number of aryl methyl sites for hydroxylation is 1. The van der Waals surface area contributed by atoms with E-state index in [1.165, 1.54) is 20.2 Å². The van der Waals surface area contributed by atoms with E-state index in [1.807, 2.05) is 19.1 Å². The molecule has 0 bridgehead atoms. The standard InChI is InChI=1S/C16H17BrN2O3S/c1-11-4-7-13(8-5-11)18-16(20)12-6-9-14(17)15(10-12)23(21,22)19(2)3/h4-10H,1-3H3,(H,18,20). The summed E-state index contributed by atoms with van der Waals surface area (Å²) in [5.41, 5.74) is 2.01. The van der Waals surface area contributed by atoms with E-state index >= 15 is 0 Å². The van der Waals surface area contributed by atoms with Crippen LogP contribution in [0.1, 0.15) is 15.9 Å². The van der Waals surface area contributed by atoms with Crippen molar-refractivity contribution in [3.05, 3.63) is 58.1 Å². The van der Waals surface area contributed by atoms with Crippen molar-refractivity contribution >= 4 is 37.5 Å². The first kappa shape index (κ1) is 17.7. The maximum Gasteiger partial charge on any atom is 0.255 e. The lowest BCUT2D eigenvalue weighted by molar-refractivity contribution is 0.102. The van der Waals surface area contributed by atoms with Crippen LogP contribution in [-0.2, 0) is 10.0 Å².